The van der Waals surface area contributed by atoms with Crippen molar-refractivity contribution in [3.8, 4) is 0 Å². The van der Waals surface area contributed by atoms with E-state index < -0.39 is 0 Å². The van der Waals surface area contributed by atoms with Gasteiger partial charge in [-0.1, -0.05) is 12.2 Å². The van der Waals surface area contributed by atoms with Gasteiger partial charge in [0.2, 0.25) is 0 Å². The highest BCUT2D eigenvalue weighted by molar-refractivity contribution is 5.09. The van der Waals surface area contributed by atoms with E-state index >= 15 is 0 Å². The summed E-state index contributed by atoms with van der Waals surface area (Å²) in [5.74, 6) is 0. The van der Waals surface area contributed by atoms with Crippen molar-refractivity contribution in [1.82, 2.24) is 10.2 Å². The Morgan fingerprint density at radius 2 is 2.18 bits per heavy atom. The lowest BCUT2D eigenvalue weighted by atomic mass is 10.3. The van der Waals surface area contributed by atoms with Gasteiger partial charge < -0.3 is 10.2 Å². The third kappa shape index (κ3) is 9.24. The maximum Gasteiger partial charge on any atom is 0.0269 e. The summed E-state index contributed by atoms with van der Waals surface area (Å²) in [6.07, 6.45) is 3.90. The van der Waals surface area contributed by atoms with Gasteiger partial charge in [-0.25, -0.2) is 0 Å². The topological polar surface area (TPSA) is 15.3 Å². The van der Waals surface area contributed by atoms with Crippen LogP contribution < -0.4 is 5.32 Å². The molecule has 2 nitrogen and oxygen atoms in total. The first-order valence-electron chi connectivity index (χ1n) is 3.83. The van der Waals surface area contributed by atoms with Crippen molar-refractivity contribution >= 4 is 0 Å². The van der Waals surface area contributed by atoms with Crippen LogP contribution in [0.3, 0.4) is 0 Å². The summed E-state index contributed by atoms with van der Waals surface area (Å²) in [4.78, 5) is 2.14. The fourth-order valence-electron chi connectivity index (χ4n) is 0.573. The highest BCUT2D eigenvalue weighted by atomic mass is 15.1. The summed E-state index contributed by atoms with van der Waals surface area (Å²) in [6.45, 7) is 7.77. The Bertz CT molecular complexity index is 136. The molecule has 2 heteroatoms. The van der Waals surface area contributed by atoms with Crippen molar-refractivity contribution in [3.63, 3.8) is 0 Å². The molecule has 0 aliphatic carbocycles. The molecule has 0 fully saturated rings. The van der Waals surface area contributed by atoms with Gasteiger partial charge in [0.1, 0.15) is 0 Å². The van der Waals surface area contributed by atoms with E-state index in [0.717, 1.165) is 18.7 Å². The molecule has 0 aliphatic rings. The number of hydrogen-bond donors (Lipinski definition) is 1. The first kappa shape index (κ1) is 10.2. The molecule has 0 saturated carbocycles. The number of likely N-dealkylation sites (N-methyl/N-ethyl adjacent to an activating group) is 1. The fourth-order valence-corrected chi connectivity index (χ4v) is 0.573. The van der Waals surface area contributed by atoms with Crippen LogP contribution in [0.2, 0.25) is 0 Å². The van der Waals surface area contributed by atoms with E-state index in [9.17, 15) is 0 Å². The fraction of sp³-hybridized carbons (Fsp3) is 0.556. The van der Waals surface area contributed by atoms with E-state index in [2.05, 4.69) is 30.9 Å². The molecule has 64 valence electrons. The summed E-state index contributed by atoms with van der Waals surface area (Å²) >= 11 is 0. The van der Waals surface area contributed by atoms with Crippen molar-refractivity contribution in [1.29, 1.82) is 0 Å². The molecule has 0 aromatic carbocycles. The molecule has 0 radical (unpaired) electrons. The monoisotopic (exact) mass is 154 g/mol. The van der Waals surface area contributed by atoms with Crippen LogP contribution in [0.5, 0.6) is 0 Å². The van der Waals surface area contributed by atoms with Crippen LogP contribution in [0.1, 0.15) is 6.92 Å². The lowest BCUT2D eigenvalue weighted by Gasteiger charge is -2.08. The molecule has 0 spiro atoms. The first-order chi connectivity index (χ1) is 5.13. The Morgan fingerprint density at radius 3 is 2.64 bits per heavy atom. The normalized spacial score (nSPS) is 10.9. The summed E-state index contributed by atoms with van der Waals surface area (Å²) in [6, 6.07) is 0. The van der Waals surface area contributed by atoms with Gasteiger partial charge in [-0.15, -0.1) is 0 Å². The van der Waals surface area contributed by atoms with Crippen molar-refractivity contribution in [2.24, 2.45) is 0 Å². The van der Waals surface area contributed by atoms with E-state index in [4.69, 9.17) is 0 Å². The summed E-state index contributed by atoms with van der Waals surface area (Å²) in [7, 11) is 4.12. The molecule has 1 N–H and O–H groups in total. The van der Waals surface area contributed by atoms with Gasteiger partial charge in [0, 0.05) is 13.1 Å². The van der Waals surface area contributed by atoms with Crippen LogP contribution in [0.25, 0.3) is 0 Å². The molecule has 0 aromatic rings. The van der Waals surface area contributed by atoms with E-state index in [-0.39, 0.29) is 0 Å². The Hall–Kier alpha value is -0.760. The molecule has 0 unspecified atom stereocenters. The number of allylic oxidation sites excluding steroid dienone is 2. The van der Waals surface area contributed by atoms with Crippen LogP contribution in [-0.4, -0.2) is 32.1 Å². The summed E-state index contributed by atoms with van der Waals surface area (Å²) in [5.41, 5.74) is 1.07. The Balaban J connectivity index is 3.21. The van der Waals surface area contributed by atoms with Crippen LogP contribution in [0.4, 0.5) is 0 Å². The highest BCUT2D eigenvalue weighted by Crippen LogP contribution is 1.85. The zero-order valence-electron chi connectivity index (χ0n) is 7.72. The minimum Gasteiger partial charge on any atom is -0.390 e. The zero-order chi connectivity index (χ0) is 8.69. The van der Waals surface area contributed by atoms with Crippen LogP contribution >= 0.6 is 0 Å². The molecule has 0 rings (SSSR count). The van der Waals surface area contributed by atoms with Gasteiger partial charge in [0.15, 0.2) is 0 Å². The van der Waals surface area contributed by atoms with Gasteiger partial charge in [-0.2, -0.15) is 0 Å². The molecule has 0 heterocycles. The average molecular weight is 154 g/mol. The predicted octanol–water partition coefficient (Wildman–Crippen LogP) is 1.23. The van der Waals surface area contributed by atoms with Gasteiger partial charge in [-0.05, 0) is 33.3 Å². The molecule has 0 amide bonds. The van der Waals surface area contributed by atoms with Gasteiger partial charge >= 0.3 is 0 Å². The maximum atomic E-state index is 3.75. The van der Waals surface area contributed by atoms with Crippen LogP contribution in [-0.2, 0) is 0 Å². The van der Waals surface area contributed by atoms with E-state index in [1.165, 1.54) is 0 Å². The summed E-state index contributed by atoms with van der Waals surface area (Å²) < 4.78 is 0. The molecule has 0 aromatic heterocycles. The Morgan fingerprint density at radius 1 is 1.55 bits per heavy atom. The second kappa shape index (κ2) is 5.98. The number of hydrogen-bond acceptors (Lipinski definition) is 2. The minimum absolute atomic E-state index is 0.983. The SMILES string of the molecule is C=C(C)/C=C\NCCN(C)C. The Labute approximate surface area is 69.6 Å². The highest BCUT2D eigenvalue weighted by Gasteiger charge is 1.84. The van der Waals surface area contributed by atoms with Crippen molar-refractivity contribution in [2.45, 2.75) is 6.92 Å². The van der Waals surface area contributed by atoms with Crippen molar-refractivity contribution in [2.75, 3.05) is 27.2 Å². The molecular formula is C9H18N2. The summed E-state index contributed by atoms with van der Waals surface area (Å²) in [5, 5.41) is 3.16. The zero-order valence-corrected chi connectivity index (χ0v) is 7.72. The maximum absolute atomic E-state index is 3.75. The van der Waals surface area contributed by atoms with E-state index in [1.54, 1.807) is 0 Å². The van der Waals surface area contributed by atoms with E-state index in [1.807, 2.05) is 19.2 Å². The van der Waals surface area contributed by atoms with Gasteiger partial charge in [-0.3, -0.25) is 0 Å². The second-order valence-corrected chi connectivity index (χ2v) is 2.94. The number of nitrogens with zero attached hydrogens (tertiary/aromatic N) is 1. The standard InChI is InChI=1S/C9H18N2/c1-9(2)5-6-10-7-8-11(3)4/h5-6,10H,1,7-8H2,2-4H3/b6-5-. The van der Waals surface area contributed by atoms with E-state index in [0.29, 0.717) is 0 Å². The van der Waals surface area contributed by atoms with Crippen LogP contribution in [0, 0.1) is 0 Å². The van der Waals surface area contributed by atoms with Gasteiger partial charge in [0.05, 0.1) is 0 Å². The molecule has 0 saturated heterocycles. The molecular weight excluding hydrogens is 136 g/mol. The predicted molar refractivity (Wildman–Crippen MR) is 50.5 cm³/mol. The van der Waals surface area contributed by atoms with Crippen molar-refractivity contribution in [3.05, 3.63) is 24.4 Å². The lowest BCUT2D eigenvalue weighted by molar-refractivity contribution is 0.410. The average Bonchev–Trinajstić information content (AvgIpc) is 1.85. The largest absolute Gasteiger partial charge is 0.390 e. The number of rotatable bonds is 5. The van der Waals surface area contributed by atoms with Gasteiger partial charge in [0.25, 0.3) is 0 Å². The molecule has 0 atom stereocenters. The third-order valence-corrected chi connectivity index (χ3v) is 1.19. The quantitative estimate of drug-likeness (QED) is 0.473. The third-order valence-electron chi connectivity index (χ3n) is 1.19. The second-order valence-electron chi connectivity index (χ2n) is 2.94. The molecule has 0 bridgehead atoms. The molecule has 11 heavy (non-hydrogen) atoms. The number of nitrogens with one attached hydrogen (secondary N) is 1. The Kier molecular flexibility index (Phi) is 5.57. The minimum atomic E-state index is 0.983. The van der Waals surface area contributed by atoms with Crippen molar-refractivity contribution < 1.29 is 0 Å². The van der Waals surface area contributed by atoms with Crippen LogP contribution in [0.15, 0.2) is 24.4 Å². The molecule has 0 aliphatic heterocycles. The smallest absolute Gasteiger partial charge is 0.0269 e. The lowest BCUT2D eigenvalue weighted by Crippen LogP contribution is -2.23. The first-order valence-corrected chi connectivity index (χ1v) is 3.83.